The van der Waals surface area contributed by atoms with Gasteiger partial charge in [-0.1, -0.05) is 39.2 Å². The van der Waals surface area contributed by atoms with E-state index in [0.29, 0.717) is 5.92 Å². The Morgan fingerprint density at radius 2 is 1.88 bits per heavy atom. The van der Waals surface area contributed by atoms with E-state index in [0.717, 1.165) is 10.9 Å². The molecule has 2 heteroatoms. The predicted octanol–water partition coefficient (Wildman–Crippen LogP) is 4.94. The molecule has 1 heterocycles. The molecule has 1 fully saturated rings. The van der Waals surface area contributed by atoms with E-state index in [4.69, 9.17) is 4.98 Å². The van der Waals surface area contributed by atoms with Crippen molar-refractivity contribution in [3.8, 4) is 0 Å². The first-order valence-electron chi connectivity index (χ1n) is 6.81. The van der Waals surface area contributed by atoms with Crippen molar-refractivity contribution in [3.05, 3.63) is 23.4 Å². The monoisotopic (exact) mass is 249 g/mol. The van der Waals surface area contributed by atoms with Crippen LogP contribution in [-0.4, -0.2) is 10.2 Å². The highest BCUT2D eigenvalue weighted by molar-refractivity contribution is 7.99. The second-order valence-electron chi connectivity index (χ2n) is 5.38. The molecule has 0 unspecified atom stereocenters. The molecular weight excluding hydrogens is 226 g/mol. The SMILES string of the molecule is Cc1ccc(C(C)C)c(SC2CCCCC2)n1. The molecule has 0 aliphatic heterocycles. The van der Waals surface area contributed by atoms with E-state index in [1.165, 1.54) is 42.7 Å². The summed E-state index contributed by atoms with van der Waals surface area (Å²) in [5, 5.41) is 2.09. The van der Waals surface area contributed by atoms with Gasteiger partial charge >= 0.3 is 0 Å². The maximum Gasteiger partial charge on any atom is 0.1000 e. The van der Waals surface area contributed by atoms with Gasteiger partial charge in [0, 0.05) is 10.9 Å². The minimum absolute atomic E-state index is 0.578. The highest BCUT2D eigenvalue weighted by atomic mass is 32.2. The van der Waals surface area contributed by atoms with Crippen molar-refractivity contribution in [2.45, 2.75) is 69.1 Å². The van der Waals surface area contributed by atoms with Gasteiger partial charge in [0.2, 0.25) is 0 Å². The van der Waals surface area contributed by atoms with Gasteiger partial charge < -0.3 is 0 Å². The van der Waals surface area contributed by atoms with Crippen LogP contribution in [0.2, 0.25) is 0 Å². The Balaban J connectivity index is 2.14. The summed E-state index contributed by atoms with van der Waals surface area (Å²) in [4.78, 5) is 4.75. The number of hydrogen-bond acceptors (Lipinski definition) is 2. The zero-order valence-electron chi connectivity index (χ0n) is 11.2. The summed E-state index contributed by atoms with van der Waals surface area (Å²) in [6.07, 6.45) is 6.98. The van der Waals surface area contributed by atoms with Gasteiger partial charge in [0.1, 0.15) is 0 Å². The summed E-state index contributed by atoms with van der Waals surface area (Å²) >= 11 is 2.02. The first-order chi connectivity index (χ1) is 8.16. The van der Waals surface area contributed by atoms with Crippen LogP contribution in [0, 0.1) is 6.92 Å². The Hall–Kier alpha value is -0.500. The van der Waals surface area contributed by atoms with Crippen molar-refractivity contribution in [3.63, 3.8) is 0 Å². The number of thioether (sulfide) groups is 1. The quantitative estimate of drug-likeness (QED) is 0.752. The Bertz CT molecular complexity index is 367. The van der Waals surface area contributed by atoms with Crippen molar-refractivity contribution in [1.29, 1.82) is 0 Å². The van der Waals surface area contributed by atoms with Gasteiger partial charge in [0.25, 0.3) is 0 Å². The van der Waals surface area contributed by atoms with Crippen LogP contribution in [-0.2, 0) is 0 Å². The standard InChI is InChI=1S/C15H23NS/c1-11(2)14-10-9-12(3)16-15(14)17-13-7-5-4-6-8-13/h9-11,13H,4-8H2,1-3H3. The zero-order valence-corrected chi connectivity index (χ0v) is 12.0. The molecule has 0 N–H and O–H groups in total. The van der Waals surface area contributed by atoms with E-state index < -0.39 is 0 Å². The Labute approximate surface area is 109 Å². The molecule has 17 heavy (non-hydrogen) atoms. The molecule has 0 saturated heterocycles. The molecule has 1 aliphatic rings. The van der Waals surface area contributed by atoms with E-state index in [9.17, 15) is 0 Å². The van der Waals surface area contributed by atoms with Gasteiger partial charge in [0.15, 0.2) is 0 Å². The van der Waals surface area contributed by atoms with E-state index >= 15 is 0 Å². The average Bonchev–Trinajstić information content (AvgIpc) is 2.30. The average molecular weight is 249 g/mol. The molecule has 1 saturated carbocycles. The van der Waals surface area contributed by atoms with Gasteiger partial charge in [0.05, 0.1) is 5.03 Å². The lowest BCUT2D eigenvalue weighted by Gasteiger charge is -2.22. The number of hydrogen-bond donors (Lipinski definition) is 0. The molecule has 1 nitrogen and oxygen atoms in total. The van der Waals surface area contributed by atoms with E-state index in [2.05, 4.69) is 32.9 Å². The summed E-state index contributed by atoms with van der Waals surface area (Å²) < 4.78 is 0. The van der Waals surface area contributed by atoms with Crippen molar-refractivity contribution in [1.82, 2.24) is 4.98 Å². The molecule has 0 spiro atoms. The molecular formula is C15H23NS. The Kier molecular flexibility index (Phi) is 4.49. The molecule has 0 radical (unpaired) electrons. The third-order valence-electron chi connectivity index (χ3n) is 3.48. The second-order valence-corrected chi connectivity index (χ2v) is 6.67. The van der Waals surface area contributed by atoms with Gasteiger partial charge in [-0.2, -0.15) is 0 Å². The molecule has 0 amide bonds. The lowest BCUT2D eigenvalue weighted by Crippen LogP contribution is -2.09. The zero-order chi connectivity index (χ0) is 12.3. The number of rotatable bonds is 3. The van der Waals surface area contributed by atoms with E-state index in [-0.39, 0.29) is 0 Å². The van der Waals surface area contributed by atoms with Crippen molar-refractivity contribution in [2.75, 3.05) is 0 Å². The summed E-state index contributed by atoms with van der Waals surface area (Å²) in [5.74, 6) is 0.578. The minimum atomic E-state index is 0.578. The molecule has 2 rings (SSSR count). The van der Waals surface area contributed by atoms with Crippen molar-refractivity contribution >= 4 is 11.8 Å². The second kappa shape index (κ2) is 5.90. The molecule has 1 aliphatic carbocycles. The van der Waals surface area contributed by atoms with Crippen LogP contribution in [0.5, 0.6) is 0 Å². The molecule has 0 aromatic carbocycles. The summed E-state index contributed by atoms with van der Waals surface area (Å²) in [7, 11) is 0. The lowest BCUT2D eigenvalue weighted by molar-refractivity contribution is 0.515. The largest absolute Gasteiger partial charge is 0.247 e. The topological polar surface area (TPSA) is 12.9 Å². The highest BCUT2D eigenvalue weighted by Crippen LogP contribution is 2.36. The highest BCUT2D eigenvalue weighted by Gasteiger charge is 2.18. The van der Waals surface area contributed by atoms with E-state index in [1.807, 2.05) is 11.8 Å². The van der Waals surface area contributed by atoms with Gasteiger partial charge in [-0.3, -0.25) is 0 Å². The van der Waals surface area contributed by atoms with Gasteiger partial charge in [-0.25, -0.2) is 4.98 Å². The van der Waals surface area contributed by atoms with Gasteiger partial charge in [-0.05, 0) is 37.3 Å². The summed E-state index contributed by atoms with van der Waals surface area (Å²) in [5.41, 5.74) is 2.57. The van der Waals surface area contributed by atoms with Crippen molar-refractivity contribution < 1.29 is 0 Å². The molecule has 0 bridgehead atoms. The number of pyridine rings is 1. The number of aromatic nitrogens is 1. The third kappa shape index (κ3) is 3.48. The van der Waals surface area contributed by atoms with Crippen LogP contribution < -0.4 is 0 Å². The third-order valence-corrected chi connectivity index (χ3v) is 4.84. The molecule has 94 valence electrons. The maximum atomic E-state index is 4.75. The smallest absolute Gasteiger partial charge is 0.1000 e. The summed E-state index contributed by atoms with van der Waals surface area (Å²) in [6, 6.07) is 4.40. The van der Waals surface area contributed by atoms with E-state index in [1.54, 1.807) is 0 Å². The van der Waals surface area contributed by atoms with Crippen LogP contribution >= 0.6 is 11.8 Å². The lowest BCUT2D eigenvalue weighted by atomic mass is 10.0. The molecule has 1 aromatic rings. The fraction of sp³-hybridized carbons (Fsp3) is 0.667. The van der Waals surface area contributed by atoms with Crippen LogP contribution in [0.15, 0.2) is 17.2 Å². The normalized spacial score (nSPS) is 17.6. The molecule has 1 aromatic heterocycles. The Morgan fingerprint density at radius 3 is 2.53 bits per heavy atom. The van der Waals surface area contributed by atoms with Gasteiger partial charge in [-0.15, -0.1) is 11.8 Å². The first kappa shape index (κ1) is 12.9. The van der Waals surface area contributed by atoms with Crippen LogP contribution in [0.3, 0.4) is 0 Å². The molecule has 0 atom stereocenters. The maximum absolute atomic E-state index is 4.75. The Morgan fingerprint density at radius 1 is 1.18 bits per heavy atom. The fourth-order valence-corrected chi connectivity index (χ4v) is 3.94. The van der Waals surface area contributed by atoms with Crippen LogP contribution in [0.1, 0.15) is 63.1 Å². The van der Waals surface area contributed by atoms with Crippen LogP contribution in [0.25, 0.3) is 0 Å². The van der Waals surface area contributed by atoms with Crippen molar-refractivity contribution in [2.24, 2.45) is 0 Å². The minimum Gasteiger partial charge on any atom is -0.247 e. The first-order valence-corrected chi connectivity index (χ1v) is 7.69. The van der Waals surface area contributed by atoms with Crippen LogP contribution in [0.4, 0.5) is 0 Å². The number of nitrogens with zero attached hydrogens (tertiary/aromatic N) is 1. The number of aryl methyl sites for hydroxylation is 1. The fourth-order valence-electron chi connectivity index (χ4n) is 2.42. The predicted molar refractivity (Wildman–Crippen MR) is 75.8 cm³/mol. The summed E-state index contributed by atoms with van der Waals surface area (Å²) in [6.45, 7) is 6.61.